The number of benzene rings is 2. The molecule has 1 unspecified atom stereocenters. The molecule has 0 bridgehead atoms. The lowest BCUT2D eigenvalue weighted by Gasteiger charge is -2.16. The number of thiophene rings is 1. The molecule has 4 heteroatoms. The van der Waals surface area contributed by atoms with Crippen LogP contribution >= 0.6 is 22.9 Å². The Kier molecular flexibility index (Phi) is 3.49. The Morgan fingerprint density at radius 3 is 2.88 bits per heavy atom. The van der Waals surface area contributed by atoms with E-state index in [0.717, 1.165) is 11.6 Å². The summed E-state index contributed by atoms with van der Waals surface area (Å²) >= 11 is 8.39. The van der Waals surface area contributed by atoms with Crippen LogP contribution < -0.4 is 5.32 Å². The van der Waals surface area contributed by atoms with Crippen molar-refractivity contribution in [3.63, 3.8) is 0 Å². The lowest BCUT2D eigenvalue weighted by atomic mass is 10.1. The third kappa shape index (κ3) is 2.35. The van der Waals surface area contributed by atoms with Gasteiger partial charge in [0.25, 0.3) is 0 Å². The maximum absolute atomic E-state index is 6.53. The monoisotopic (exact) mass is 364 g/mol. The van der Waals surface area contributed by atoms with Crippen molar-refractivity contribution in [2.45, 2.75) is 19.5 Å². The van der Waals surface area contributed by atoms with Crippen LogP contribution in [0.2, 0.25) is 5.02 Å². The molecule has 2 aromatic heterocycles. The average Bonchev–Trinajstić information content (AvgIpc) is 3.22. The highest BCUT2D eigenvalue weighted by atomic mass is 35.5. The van der Waals surface area contributed by atoms with E-state index >= 15 is 0 Å². The van der Waals surface area contributed by atoms with Gasteiger partial charge >= 0.3 is 0 Å². The lowest BCUT2D eigenvalue weighted by Crippen LogP contribution is -2.20. The first-order valence-corrected chi connectivity index (χ1v) is 9.59. The van der Waals surface area contributed by atoms with E-state index in [1.165, 1.54) is 37.5 Å². The van der Waals surface area contributed by atoms with E-state index < -0.39 is 0 Å². The normalized spacial score (nSPS) is 16.5. The molecule has 124 valence electrons. The standard InChI is InChI=1S/C21H17ClN2S/c1-13-8-9-16(22)15-12-23-20(17-6-4-10-24(17)21(13)15)19-11-14-5-2-3-7-18(14)25-19/h2-11,20,23H,12H2,1H3. The molecular formula is C21H17ClN2S. The van der Waals surface area contributed by atoms with Gasteiger partial charge < -0.3 is 9.88 Å². The summed E-state index contributed by atoms with van der Waals surface area (Å²) < 4.78 is 3.62. The smallest absolute Gasteiger partial charge is 0.0831 e. The molecule has 4 aromatic rings. The van der Waals surface area contributed by atoms with Crippen molar-refractivity contribution in [1.29, 1.82) is 0 Å². The number of aryl methyl sites for hydroxylation is 1. The molecule has 2 nitrogen and oxygen atoms in total. The zero-order valence-electron chi connectivity index (χ0n) is 13.8. The van der Waals surface area contributed by atoms with Crippen molar-refractivity contribution in [2.75, 3.05) is 0 Å². The van der Waals surface area contributed by atoms with Crippen LogP contribution in [0.25, 0.3) is 15.8 Å². The van der Waals surface area contributed by atoms with E-state index in [4.69, 9.17) is 11.6 Å². The van der Waals surface area contributed by atoms with Gasteiger partial charge in [0.05, 0.1) is 11.7 Å². The molecule has 25 heavy (non-hydrogen) atoms. The van der Waals surface area contributed by atoms with Gasteiger partial charge in [0.1, 0.15) is 0 Å². The Balaban J connectivity index is 1.71. The largest absolute Gasteiger partial charge is 0.318 e. The fraction of sp³-hybridized carbons (Fsp3) is 0.143. The maximum Gasteiger partial charge on any atom is 0.0831 e. The minimum atomic E-state index is 0.162. The molecule has 1 aliphatic heterocycles. The number of nitrogens with one attached hydrogen (secondary N) is 1. The molecule has 1 N–H and O–H groups in total. The van der Waals surface area contributed by atoms with Gasteiger partial charge in [0.2, 0.25) is 0 Å². The Morgan fingerprint density at radius 1 is 1.12 bits per heavy atom. The molecule has 2 aromatic carbocycles. The van der Waals surface area contributed by atoms with E-state index in [1.807, 2.05) is 17.4 Å². The first-order valence-electron chi connectivity index (χ1n) is 8.40. The summed E-state index contributed by atoms with van der Waals surface area (Å²) in [6.45, 7) is 2.91. The number of aromatic nitrogens is 1. The zero-order chi connectivity index (χ0) is 17.0. The number of nitrogens with zero attached hydrogens (tertiary/aromatic N) is 1. The SMILES string of the molecule is Cc1ccc(Cl)c2c1-n1cccc1C(c1cc3ccccc3s1)NC2. The minimum Gasteiger partial charge on any atom is -0.318 e. The molecule has 0 radical (unpaired) electrons. The third-order valence-electron chi connectivity index (χ3n) is 4.96. The first-order chi connectivity index (χ1) is 12.2. The average molecular weight is 365 g/mol. The van der Waals surface area contributed by atoms with Crippen molar-refractivity contribution >= 4 is 33.0 Å². The van der Waals surface area contributed by atoms with Crippen LogP contribution in [-0.4, -0.2) is 4.57 Å². The summed E-state index contributed by atoms with van der Waals surface area (Å²) in [7, 11) is 0. The molecule has 1 aliphatic rings. The van der Waals surface area contributed by atoms with Crippen molar-refractivity contribution in [2.24, 2.45) is 0 Å². The molecule has 0 amide bonds. The number of halogens is 1. The van der Waals surface area contributed by atoms with Crippen molar-refractivity contribution in [1.82, 2.24) is 9.88 Å². The van der Waals surface area contributed by atoms with Crippen LogP contribution in [0.3, 0.4) is 0 Å². The topological polar surface area (TPSA) is 17.0 Å². The molecule has 3 heterocycles. The van der Waals surface area contributed by atoms with Gasteiger partial charge in [-0.1, -0.05) is 35.9 Å². The molecule has 1 atom stereocenters. The molecule has 0 fully saturated rings. The van der Waals surface area contributed by atoms with Gasteiger partial charge in [-0.05, 0) is 48.2 Å². The summed E-state index contributed by atoms with van der Waals surface area (Å²) in [5, 5.41) is 5.86. The Bertz CT molecular complexity index is 1060. The quantitative estimate of drug-likeness (QED) is 0.448. The second-order valence-corrected chi connectivity index (χ2v) is 8.02. The van der Waals surface area contributed by atoms with Gasteiger partial charge in [-0.3, -0.25) is 0 Å². The van der Waals surface area contributed by atoms with Gasteiger partial charge in [-0.15, -0.1) is 11.3 Å². The molecular weight excluding hydrogens is 348 g/mol. The van der Waals surface area contributed by atoms with Crippen molar-refractivity contribution < 1.29 is 0 Å². The molecule has 0 saturated heterocycles. The Morgan fingerprint density at radius 2 is 2.00 bits per heavy atom. The maximum atomic E-state index is 6.53. The number of fused-ring (bicyclic) bond motifs is 4. The van der Waals surface area contributed by atoms with Crippen LogP contribution in [0, 0.1) is 6.92 Å². The van der Waals surface area contributed by atoms with Gasteiger partial charge in [-0.2, -0.15) is 0 Å². The highest BCUT2D eigenvalue weighted by molar-refractivity contribution is 7.19. The van der Waals surface area contributed by atoms with Crippen molar-refractivity contribution in [3.05, 3.63) is 87.5 Å². The predicted molar refractivity (Wildman–Crippen MR) is 106 cm³/mol. The minimum absolute atomic E-state index is 0.162. The van der Waals surface area contributed by atoms with E-state index in [9.17, 15) is 0 Å². The Hall–Kier alpha value is -2.07. The second kappa shape index (κ2) is 5.73. The van der Waals surface area contributed by atoms with Gasteiger partial charge in [-0.25, -0.2) is 0 Å². The third-order valence-corrected chi connectivity index (χ3v) is 6.49. The van der Waals surface area contributed by atoms with E-state index in [2.05, 4.69) is 71.5 Å². The highest BCUT2D eigenvalue weighted by Crippen LogP contribution is 2.38. The number of rotatable bonds is 1. The van der Waals surface area contributed by atoms with Gasteiger partial charge in [0.15, 0.2) is 0 Å². The van der Waals surface area contributed by atoms with Gasteiger partial charge in [0, 0.05) is 38.6 Å². The molecule has 5 rings (SSSR count). The van der Waals surface area contributed by atoms with Crippen LogP contribution in [0.1, 0.15) is 27.7 Å². The Labute approximate surface area is 155 Å². The second-order valence-electron chi connectivity index (χ2n) is 6.50. The molecule has 0 aliphatic carbocycles. The fourth-order valence-corrected chi connectivity index (χ4v) is 5.14. The summed E-state index contributed by atoms with van der Waals surface area (Å²) in [6, 6.07) is 19.5. The van der Waals surface area contributed by atoms with Crippen LogP contribution in [0.15, 0.2) is 60.8 Å². The summed E-state index contributed by atoms with van der Waals surface area (Å²) in [5.41, 5.74) is 4.89. The van der Waals surface area contributed by atoms with E-state index in [0.29, 0.717) is 0 Å². The number of hydrogen-bond acceptors (Lipinski definition) is 2. The predicted octanol–water partition coefficient (Wildman–Crippen LogP) is 5.85. The summed E-state index contributed by atoms with van der Waals surface area (Å²) in [6.07, 6.45) is 2.14. The zero-order valence-corrected chi connectivity index (χ0v) is 15.4. The van der Waals surface area contributed by atoms with Crippen LogP contribution in [0.5, 0.6) is 0 Å². The number of hydrogen-bond donors (Lipinski definition) is 1. The van der Waals surface area contributed by atoms with E-state index in [1.54, 1.807) is 0 Å². The summed E-state index contributed by atoms with van der Waals surface area (Å²) in [4.78, 5) is 1.34. The van der Waals surface area contributed by atoms with Crippen molar-refractivity contribution in [3.8, 4) is 5.69 Å². The summed E-state index contributed by atoms with van der Waals surface area (Å²) in [5.74, 6) is 0. The van der Waals surface area contributed by atoms with Crippen LogP contribution in [-0.2, 0) is 6.54 Å². The lowest BCUT2D eigenvalue weighted by molar-refractivity contribution is 0.609. The first kappa shape index (κ1) is 15.2. The molecule has 0 saturated carbocycles. The molecule has 0 spiro atoms. The highest BCUT2D eigenvalue weighted by Gasteiger charge is 2.26. The fourth-order valence-electron chi connectivity index (χ4n) is 3.77. The van der Waals surface area contributed by atoms with E-state index in [-0.39, 0.29) is 6.04 Å². The van der Waals surface area contributed by atoms with Crippen LogP contribution in [0.4, 0.5) is 0 Å².